The van der Waals surface area contributed by atoms with Gasteiger partial charge in [0.05, 0.1) is 18.3 Å². The summed E-state index contributed by atoms with van der Waals surface area (Å²) in [6, 6.07) is 8.25. The van der Waals surface area contributed by atoms with E-state index in [0.717, 1.165) is 4.57 Å². The van der Waals surface area contributed by atoms with Gasteiger partial charge in [-0.15, -0.1) is 0 Å². The Hall–Kier alpha value is -2.89. The van der Waals surface area contributed by atoms with Crippen molar-refractivity contribution >= 4 is 10.9 Å². The van der Waals surface area contributed by atoms with E-state index in [1.165, 1.54) is 19.5 Å². The molecule has 6 heteroatoms. The predicted molar refractivity (Wildman–Crippen MR) is 74.5 cm³/mol. The summed E-state index contributed by atoms with van der Waals surface area (Å²) in [6.45, 7) is 0. The maximum atomic E-state index is 12.6. The molecule has 0 bridgehead atoms. The number of rotatable bonds is 2. The summed E-state index contributed by atoms with van der Waals surface area (Å²) >= 11 is 0. The van der Waals surface area contributed by atoms with Gasteiger partial charge in [0.15, 0.2) is 0 Å². The number of nitrogens with one attached hydrogen (secondary N) is 1. The molecule has 3 rings (SSSR count). The summed E-state index contributed by atoms with van der Waals surface area (Å²) in [4.78, 5) is 31.2. The predicted octanol–water partition coefficient (Wildman–Crippen LogP) is 1.08. The second-order valence-electron chi connectivity index (χ2n) is 4.16. The molecule has 3 aromatic rings. The highest BCUT2D eigenvalue weighted by Crippen LogP contribution is 2.19. The Bertz CT molecular complexity index is 882. The van der Waals surface area contributed by atoms with Gasteiger partial charge >= 0.3 is 5.69 Å². The van der Waals surface area contributed by atoms with Crippen molar-refractivity contribution in [1.29, 1.82) is 0 Å². The van der Waals surface area contributed by atoms with Crippen molar-refractivity contribution in [2.24, 2.45) is 0 Å². The van der Waals surface area contributed by atoms with Crippen LogP contribution in [0.15, 0.2) is 52.3 Å². The smallest absolute Gasteiger partial charge is 0.333 e. The molecule has 20 heavy (non-hydrogen) atoms. The molecule has 0 spiro atoms. The lowest BCUT2D eigenvalue weighted by Crippen LogP contribution is -2.33. The van der Waals surface area contributed by atoms with Crippen LogP contribution in [-0.4, -0.2) is 21.6 Å². The number of benzene rings is 1. The molecule has 0 saturated carbocycles. The minimum absolute atomic E-state index is 0.339. The molecule has 0 aliphatic heterocycles. The first-order chi connectivity index (χ1) is 9.72. The number of methoxy groups -OCH3 is 1. The van der Waals surface area contributed by atoms with Crippen molar-refractivity contribution < 1.29 is 4.74 Å². The summed E-state index contributed by atoms with van der Waals surface area (Å²) in [7, 11) is 1.48. The van der Waals surface area contributed by atoms with E-state index >= 15 is 0 Å². The lowest BCUT2D eigenvalue weighted by molar-refractivity contribution is 0.419. The number of pyridine rings is 1. The fourth-order valence-corrected chi connectivity index (χ4v) is 2.13. The molecule has 0 amide bonds. The number of fused-ring (bicyclic) bond motifs is 1. The second kappa shape index (κ2) is 4.65. The third kappa shape index (κ3) is 1.78. The number of nitrogens with zero attached hydrogens (tertiary/aromatic N) is 2. The van der Waals surface area contributed by atoms with Crippen LogP contribution in [0, 0.1) is 0 Å². The van der Waals surface area contributed by atoms with Gasteiger partial charge in [-0.05, 0) is 24.3 Å². The summed E-state index contributed by atoms with van der Waals surface area (Å²) in [6.07, 6.45) is 3.04. The Balaban J connectivity index is 2.46. The van der Waals surface area contributed by atoms with Crippen molar-refractivity contribution in [1.82, 2.24) is 14.5 Å². The van der Waals surface area contributed by atoms with Gasteiger partial charge in [-0.25, -0.2) is 9.36 Å². The first kappa shape index (κ1) is 12.2. The fourth-order valence-electron chi connectivity index (χ4n) is 2.13. The highest BCUT2D eigenvalue weighted by atomic mass is 16.5. The van der Waals surface area contributed by atoms with Crippen LogP contribution in [0.3, 0.4) is 0 Å². The third-order valence-corrected chi connectivity index (χ3v) is 3.03. The van der Waals surface area contributed by atoms with Gasteiger partial charge in [0, 0.05) is 12.4 Å². The highest BCUT2D eigenvalue weighted by Gasteiger charge is 2.12. The molecule has 0 radical (unpaired) electrons. The van der Waals surface area contributed by atoms with Gasteiger partial charge in [-0.2, -0.15) is 0 Å². The summed E-state index contributed by atoms with van der Waals surface area (Å²) in [5.74, 6) is 0.423. The summed E-state index contributed by atoms with van der Waals surface area (Å²) in [5.41, 5.74) is -0.0157. The first-order valence-electron chi connectivity index (χ1n) is 5.95. The maximum Gasteiger partial charge on any atom is 0.333 e. The van der Waals surface area contributed by atoms with E-state index in [1.807, 2.05) is 0 Å². The minimum Gasteiger partial charge on any atom is -0.496 e. The zero-order valence-corrected chi connectivity index (χ0v) is 10.7. The third-order valence-electron chi connectivity index (χ3n) is 3.03. The van der Waals surface area contributed by atoms with Crippen LogP contribution in [0.4, 0.5) is 0 Å². The number of hydrogen-bond acceptors (Lipinski definition) is 4. The van der Waals surface area contributed by atoms with Crippen LogP contribution in [0.25, 0.3) is 16.6 Å². The molecule has 6 nitrogen and oxygen atoms in total. The van der Waals surface area contributed by atoms with Crippen LogP contribution in [0.5, 0.6) is 5.75 Å². The molecule has 1 N–H and O–H groups in total. The maximum absolute atomic E-state index is 12.6. The van der Waals surface area contributed by atoms with Gasteiger partial charge < -0.3 is 9.72 Å². The zero-order chi connectivity index (χ0) is 14.1. The van der Waals surface area contributed by atoms with Gasteiger partial charge in [0.1, 0.15) is 11.1 Å². The molecule has 2 aromatic heterocycles. The van der Waals surface area contributed by atoms with Crippen molar-refractivity contribution in [3.8, 4) is 11.4 Å². The Labute approximate surface area is 113 Å². The van der Waals surface area contributed by atoms with Gasteiger partial charge in [0.2, 0.25) is 0 Å². The lowest BCUT2D eigenvalue weighted by atomic mass is 10.2. The summed E-state index contributed by atoms with van der Waals surface area (Å²) in [5, 5.41) is 0.339. The van der Waals surface area contributed by atoms with Crippen molar-refractivity contribution in [2.45, 2.75) is 0 Å². The van der Waals surface area contributed by atoms with Crippen molar-refractivity contribution in [3.63, 3.8) is 0 Å². The molecule has 2 heterocycles. The highest BCUT2D eigenvalue weighted by molar-refractivity contribution is 5.84. The van der Waals surface area contributed by atoms with Crippen molar-refractivity contribution in [2.75, 3.05) is 7.11 Å². The Morgan fingerprint density at radius 2 is 1.90 bits per heavy atom. The molecular weight excluding hydrogens is 258 g/mol. The number of aromatic amines is 1. The van der Waals surface area contributed by atoms with Gasteiger partial charge in [-0.1, -0.05) is 6.07 Å². The molecule has 0 fully saturated rings. The molecule has 0 saturated heterocycles. The van der Waals surface area contributed by atoms with Crippen molar-refractivity contribution in [3.05, 3.63) is 63.6 Å². The molecule has 1 aromatic carbocycles. The molecule has 100 valence electrons. The second-order valence-corrected chi connectivity index (χ2v) is 4.16. The average Bonchev–Trinajstić information content (AvgIpc) is 2.47. The Morgan fingerprint density at radius 1 is 1.15 bits per heavy atom. The van der Waals surface area contributed by atoms with E-state index in [9.17, 15) is 9.59 Å². The first-order valence-corrected chi connectivity index (χ1v) is 5.95. The fraction of sp³-hybridized carbons (Fsp3) is 0.0714. The quantitative estimate of drug-likeness (QED) is 0.755. The van der Waals surface area contributed by atoms with Gasteiger partial charge in [0.25, 0.3) is 5.56 Å². The van der Waals surface area contributed by atoms with E-state index in [1.54, 1.807) is 30.3 Å². The van der Waals surface area contributed by atoms with Gasteiger partial charge in [-0.3, -0.25) is 9.78 Å². The van der Waals surface area contributed by atoms with Crippen LogP contribution >= 0.6 is 0 Å². The normalized spacial score (nSPS) is 10.7. The largest absolute Gasteiger partial charge is 0.496 e. The number of aromatic nitrogens is 3. The molecule has 0 aliphatic carbocycles. The van der Waals surface area contributed by atoms with Crippen LogP contribution in [0.1, 0.15) is 0 Å². The molecule has 0 atom stereocenters. The molecular formula is C14H11N3O3. The Morgan fingerprint density at radius 3 is 2.60 bits per heavy atom. The van der Waals surface area contributed by atoms with E-state index in [-0.39, 0.29) is 0 Å². The average molecular weight is 269 g/mol. The van der Waals surface area contributed by atoms with E-state index in [0.29, 0.717) is 22.3 Å². The monoisotopic (exact) mass is 269 g/mol. The molecule has 0 unspecified atom stereocenters. The number of ether oxygens (including phenoxy) is 1. The van der Waals surface area contributed by atoms with E-state index < -0.39 is 11.2 Å². The minimum atomic E-state index is -0.498. The SMILES string of the molecule is COc1cccc2[nH]c(=O)n(-c3ccncc3)c(=O)c12. The topological polar surface area (TPSA) is 77.0 Å². The number of hydrogen-bond donors (Lipinski definition) is 1. The number of H-pyrrole nitrogens is 1. The molecule has 0 aliphatic rings. The standard InChI is InChI=1S/C14H11N3O3/c1-20-11-4-2-3-10-12(11)13(18)17(14(19)16-10)9-5-7-15-8-6-9/h2-8H,1H3,(H,16,19). The van der Waals surface area contributed by atoms with Crippen LogP contribution in [0.2, 0.25) is 0 Å². The zero-order valence-electron chi connectivity index (χ0n) is 10.7. The van der Waals surface area contributed by atoms with E-state index in [2.05, 4.69) is 9.97 Å². The van der Waals surface area contributed by atoms with E-state index in [4.69, 9.17) is 4.74 Å². The lowest BCUT2D eigenvalue weighted by Gasteiger charge is -2.08. The summed E-state index contributed by atoms with van der Waals surface area (Å²) < 4.78 is 6.25. The van der Waals surface area contributed by atoms with Crippen LogP contribution in [-0.2, 0) is 0 Å². The Kier molecular flexibility index (Phi) is 2.83. The van der Waals surface area contributed by atoms with Crippen LogP contribution < -0.4 is 16.0 Å².